The van der Waals surface area contributed by atoms with E-state index in [2.05, 4.69) is 10.6 Å². The number of carbonyl (C=O) groups is 2. The third-order valence-electron chi connectivity index (χ3n) is 4.00. The van der Waals surface area contributed by atoms with Crippen LogP contribution in [0.25, 0.3) is 5.70 Å². The zero-order valence-corrected chi connectivity index (χ0v) is 15.6. The molecule has 1 aliphatic rings. The van der Waals surface area contributed by atoms with E-state index < -0.39 is 18.0 Å². The number of rotatable bonds is 4. The number of esters is 1. The Balaban J connectivity index is 2.22. The van der Waals surface area contributed by atoms with Crippen LogP contribution in [0.1, 0.15) is 31.0 Å². The zero-order valence-electron chi connectivity index (χ0n) is 14.8. The molecule has 0 aliphatic carbocycles. The van der Waals surface area contributed by atoms with Gasteiger partial charge in [-0.25, -0.2) is 9.59 Å². The summed E-state index contributed by atoms with van der Waals surface area (Å²) < 4.78 is 5.40. The van der Waals surface area contributed by atoms with Gasteiger partial charge in [0, 0.05) is 10.6 Å². The van der Waals surface area contributed by atoms with Gasteiger partial charge in [0.25, 0.3) is 0 Å². The lowest BCUT2D eigenvalue weighted by Gasteiger charge is -2.30. The Labute approximate surface area is 161 Å². The summed E-state index contributed by atoms with van der Waals surface area (Å²) in [7, 11) is 0. The Hall–Kier alpha value is -2.99. The van der Waals surface area contributed by atoms with Gasteiger partial charge < -0.3 is 20.5 Å². The van der Waals surface area contributed by atoms with E-state index in [1.807, 2.05) is 6.07 Å². The molecule has 2 amide bonds. The van der Waals surface area contributed by atoms with Gasteiger partial charge in [0.1, 0.15) is 5.75 Å². The van der Waals surface area contributed by atoms with Crippen LogP contribution in [0.4, 0.5) is 4.79 Å². The Bertz CT molecular complexity index is 909. The summed E-state index contributed by atoms with van der Waals surface area (Å²) in [6.07, 6.45) is -0.353. The quantitative estimate of drug-likeness (QED) is 0.698. The van der Waals surface area contributed by atoms with Crippen LogP contribution in [0.3, 0.4) is 0 Å². The van der Waals surface area contributed by atoms with Crippen molar-refractivity contribution in [1.29, 1.82) is 0 Å². The predicted molar refractivity (Wildman–Crippen MR) is 102 cm³/mol. The maximum Gasteiger partial charge on any atom is 0.338 e. The molecule has 0 saturated carbocycles. The highest BCUT2D eigenvalue weighted by molar-refractivity contribution is 6.30. The highest BCUT2D eigenvalue weighted by Gasteiger charge is 2.36. The van der Waals surface area contributed by atoms with Gasteiger partial charge in [-0.2, -0.15) is 0 Å². The lowest BCUT2D eigenvalue weighted by Crippen LogP contribution is -2.45. The van der Waals surface area contributed by atoms with Crippen LogP contribution in [0.5, 0.6) is 5.75 Å². The molecule has 1 atom stereocenters. The van der Waals surface area contributed by atoms with Crippen LogP contribution >= 0.6 is 11.6 Å². The van der Waals surface area contributed by atoms with Crippen molar-refractivity contribution >= 4 is 29.3 Å². The minimum absolute atomic E-state index is 0.0890. The summed E-state index contributed by atoms with van der Waals surface area (Å²) in [6.45, 7) is 3.47. The van der Waals surface area contributed by atoms with E-state index in [9.17, 15) is 14.7 Å². The summed E-state index contributed by atoms with van der Waals surface area (Å²) >= 11 is 6.07. The van der Waals surface area contributed by atoms with Crippen LogP contribution < -0.4 is 10.6 Å². The molecule has 1 unspecified atom stereocenters. The minimum Gasteiger partial charge on any atom is -0.508 e. The van der Waals surface area contributed by atoms with Gasteiger partial charge >= 0.3 is 12.0 Å². The summed E-state index contributed by atoms with van der Waals surface area (Å²) in [4.78, 5) is 25.2. The number of benzene rings is 2. The molecule has 0 spiro atoms. The van der Waals surface area contributed by atoms with Crippen molar-refractivity contribution in [2.45, 2.75) is 26.0 Å². The molecule has 2 aromatic rings. The fraction of sp³-hybridized carbons (Fsp3) is 0.200. The van der Waals surface area contributed by atoms with Crippen molar-refractivity contribution in [3.8, 4) is 5.75 Å². The Morgan fingerprint density at radius 1 is 1.19 bits per heavy atom. The molecule has 0 fully saturated rings. The average Bonchev–Trinajstić information content (AvgIpc) is 2.63. The number of amides is 2. The van der Waals surface area contributed by atoms with Gasteiger partial charge in [0.2, 0.25) is 0 Å². The summed E-state index contributed by atoms with van der Waals surface area (Å²) in [5, 5.41) is 16.0. The standard InChI is InChI=1S/C20H19ClN2O4/c1-11(2)27-19(25)16-17(12-6-4-3-5-7-12)22-20(26)23-18(16)14-10-13(21)8-9-15(14)24/h3-11,18,24H,1-2H3,(H2,22,23,26). The zero-order chi connectivity index (χ0) is 19.6. The van der Waals surface area contributed by atoms with Crippen molar-refractivity contribution in [2.24, 2.45) is 0 Å². The SMILES string of the molecule is CC(C)OC(=O)C1=C(c2ccccc2)NC(=O)NC1c1cc(Cl)ccc1O. The molecule has 2 aromatic carbocycles. The van der Waals surface area contributed by atoms with E-state index in [4.69, 9.17) is 16.3 Å². The predicted octanol–water partition coefficient (Wildman–Crippen LogP) is 3.76. The lowest BCUT2D eigenvalue weighted by atomic mass is 9.92. The van der Waals surface area contributed by atoms with E-state index in [0.29, 0.717) is 21.8 Å². The van der Waals surface area contributed by atoms with Crippen molar-refractivity contribution in [3.63, 3.8) is 0 Å². The number of ether oxygens (including phenoxy) is 1. The first-order chi connectivity index (χ1) is 12.9. The van der Waals surface area contributed by atoms with Crippen molar-refractivity contribution in [1.82, 2.24) is 10.6 Å². The van der Waals surface area contributed by atoms with E-state index in [0.717, 1.165) is 0 Å². The molecule has 6 nitrogen and oxygen atoms in total. The van der Waals surface area contributed by atoms with Crippen LogP contribution in [0, 0.1) is 0 Å². The third-order valence-corrected chi connectivity index (χ3v) is 4.23. The average molecular weight is 387 g/mol. The number of nitrogens with one attached hydrogen (secondary N) is 2. The third kappa shape index (κ3) is 4.06. The van der Waals surface area contributed by atoms with E-state index >= 15 is 0 Å². The fourth-order valence-corrected chi connectivity index (χ4v) is 3.06. The van der Waals surface area contributed by atoms with Gasteiger partial charge in [-0.05, 0) is 37.6 Å². The van der Waals surface area contributed by atoms with Crippen molar-refractivity contribution < 1.29 is 19.4 Å². The largest absolute Gasteiger partial charge is 0.508 e. The van der Waals surface area contributed by atoms with Crippen LogP contribution in [-0.4, -0.2) is 23.2 Å². The molecule has 1 aliphatic heterocycles. The molecule has 7 heteroatoms. The highest BCUT2D eigenvalue weighted by Crippen LogP contribution is 2.37. The number of phenols is 1. The number of hydrogen-bond donors (Lipinski definition) is 3. The van der Waals surface area contributed by atoms with Gasteiger partial charge in [-0.3, -0.25) is 0 Å². The molecular weight excluding hydrogens is 368 g/mol. The second-order valence-electron chi connectivity index (χ2n) is 6.34. The molecule has 3 rings (SSSR count). The molecule has 140 valence electrons. The second kappa shape index (κ2) is 7.72. The summed E-state index contributed by atoms with van der Waals surface area (Å²) in [5.41, 5.74) is 1.47. The first kappa shape index (κ1) is 18.8. The van der Waals surface area contributed by atoms with Crippen LogP contribution in [0.2, 0.25) is 5.02 Å². The molecule has 0 aromatic heterocycles. The number of hydrogen-bond acceptors (Lipinski definition) is 4. The highest BCUT2D eigenvalue weighted by atomic mass is 35.5. The topological polar surface area (TPSA) is 87.7 Å². The first-order valence-electron chi connectivity index (χ1n) is 8.43. The fourth-order valence-electron chi connectivity index (χ4n) is 2.88. The van der Waals surface area contributed by atoms with Gasteiger partial charge in [-0.1, -0.05) is 41.9 Å². The number of carbonyl (C=O) groups excluding carboxylic acids is 2. The first-order valence-corrected chi connectivity index (χ1v) is 8.81. The normalized spacial score (nSPS) is 16.7. The molecule has 27 heavy (non-hydrogen) atoms. The van der Waals surface area contributed by atoms with E-state index in [-0.39, 0.29) is 17.4 Å². The monoisotopic (exact) mass is 386 g/mol. The maximum absolute atomic E-state index is 12.9. The van der Waals surface area contributed by atoms with Gasteiger partial charge in [0.05, 0.1) is 23.4 Å². The van der Waals surface area contributed by atoms with Gasteiger partial charge in [0.15, 0.2) is 0 Å². The van der Waals surface area contributed by atoms with Crippen molar-refractivity contribution in [2.75, 3.05) is 0 Å². The second-order valence-corrected chi connectivity index (χ2v) is 6.78. The number of phenolic OH excluding ortho intramolecular Hbond substituents is 1. The van der Waals surface area contributed by atoms with E-state index in [1.165, 1.54) is 18.2 Å². The Morgan fingerprint density at radius 2 is 1.89 bits per heavy atom. The van der Waals surface area contributed by atoms with Crippen LogP contribution in [-0.2, 0) is 9.53 Å². The molecule has 3 N–H and O–H groups in total. The molecule has 0 radical (unpaired) electrons. The van der Waals surface area contributed by atoms with Crippen LogP contribution in [0.15, 0.2) is 54.1 Å². The summed E-state index contributed by atoms with van der Waals surface area (Å²) in [6, 6.07) is 12.0. The van der Waals surface area contributed by atoms with Crippen molar-refractivity contribution in [3.05, 3.63) is 70.3 Å². The lowest BCUT2D eigenvalue weighted by molar-refractivity contribution is -0.143. The maximum atomic E-state index is 12.9. The minimum atomic E-state index is -0.918. The number of urea groups is 1. The number of halogens is 1. The Kier molecular flexibility index (Phi) is 5.37. The molecular formula is C20H19ClN2O4. The summed E-state index contributed by atoms with van der Waals surface area (Å²) in [5.74, 6) is -0.686. The van der Waals surface area contributed by atoms with Gasteiger partial charge in [-0.15, -0.1) is 0 Å². The molecule has 1 heterocycles. The smallest absolute Gasteiger partial charge is 0.338 e. The molecule has 0 bridgehead atoms. The Morgan fingerprint density at radius 3 is 2.56 bits per heavy atom. The number of aromatic hydroxyl groups is 1. The van der Waals surface area contributed by atoms with E-state index in [1.54, 1.807) is 38.1 Å². The molecule has 0 saturated heterocycles.